The molecule has 1 aliphatic rings. The molecule has 0 aliphatic heterocycles. The maximum absolute atomic E-state index is 5.76. The minimum atomic E-state index is 0.758. The first-order valence-corrected chi connectivity index (χ1v) is 6.20. The van der Waals surface area contributed by atoms with Crippen molar-refractivity contribution in [1.29, 1.82) is 0 Å². The van der Waals surface area contributed by atoms with E-state index in [9.17, 15) is 0 Å². The number of hydrogen-bond acceptors (Lipinski definition) is 2. The van der Waals surface area contributed by atoms with E-state index < -0.39 is 0 Å². The highest BCUT2D eigenvalue weighted by atomic mass is 16.3. The van der Waals surface area contributed by atoms with Gasteiger partial charge in [-0.05, 0) is 38.0 Å². The van der Waals surface area contributed by atoms with Crippen molar-refractivity contribution in [2.75, 3.05) is 6.54 Å². The maximum Gasteiger partial charge on any atom is 0.134 e. The molecule has 0 unspecified atom stereocenters. The molecule has 1 aromatic heterocycles. The minimum absolute atomic E-state index is 0.758. The van der Waals surface area contributed by atoms with E-state index in [1.807, 2.05) is 18.2 Å². The summed E-state index contributed by atoms with van der Waals surface area (Å²) in [7, 11) is 0. The topological polar surface area (TPSA) is 25.2 Å². The quantitative estimate of drug-likeness (QED) is 0.863. The molecule has 2 aromatic rings. The lowest BCUT2D eigenvalue weighted by Gasteiger charge is -2.01. The van der Waals surface area contributed by atoms with Crippen LogP contribution in [0.2, 0.25) is 0 Å². The van der Waals surface area contributed by atoms with Crippen LogP contribution in [-0.2, 0) is 0 Å². The van der Waals surface area contributed by atoms with Gasteiger partial charge in [-0.15, -0.1) is 0 Å². The van der Waals surface area contributed by atoms with Crippen LogP contribution in [0.3, 0.4) is 0 Å². The molecule has 1 aliphatic carbocycles. The van der Waals surface area contributed by atoms with Crippen LogP contribution in [-0.4, -0.2) is 12.6 Å². The Hall–Kier alpha value is -1.54. The largest absolute Gasteiger partial charge is 0.457 e. The smallest absolute Gasteiger partial charge is 0.134 e. The number of hydrogen-bond donors (Lipinski definition) is 1. The summed E-state index contributed by atoms with van der Waals surface area (Å²) in [5.74, 6) is 0.946. The van der Waals surface area contributed by atoms with E-state index in [2.05, 4.69) is 30.4 Å². The van der Waals surface area contributed by atoms with Crippen LogP contribution in [0.25, 0.3) is 17.0 Å². The summed E-state index contributed by atoms with van der Waals surface area (Å²) < 4.78 is 5.76. The zero-order valence-electron chi connectivity index (χ0n) is 10.1. The van der Waals surface area contributed by atoms with Gasteiger partial charge in [0, 0.05) is 18.0 Å². The molecule has 0 radical (unpaired) electrons. The Morgan fingerprint density at radius 3 is 3.00 bits per heavy atom. The van der Waals surface area contributed by atoms with Crippen molar-refractivity contribution in [2.45, 2.75) is 25.8 Å². The summed E-state index contributed by atoms with van der Waals surface area (Å²) in [6.45, 7) is 3.10. The van der Waals surface area contributed by atoms with E-state index in [1.54, 1.807) is 0 Å². The van der Waals surface area contributed by atoms with E-state index in [1.165, 1.54) is 23.8 Å². The van der Waals surface area contributed by atoms with E-state index >= 15 is 0 Å². The van der Waals surface area contributed by atoms with Gasteiger partial charge in [0.1, 0.15) is 11.3 Å². The van der Waals surface area contributed by atoms with Gasteiger partial charge in [0.15, 0.2) is 0 Å². The molecule has 2 heteroatoms. The first kappa shape index (κ1) is 10.6. The summed E-state index contributed by atoms with van der Waals surface area (Å²) >= 11 is 0. The summed E-state index contributed by atoms with van der Waals surface area (Å²) in [6.07, 6.45) is 4.78. The predicted molar refractivity (Wildman–Crippen MR) is 70.9 cm³/mol. The first-order chi connectivity index (χ1) is 8.31. The number of benzene rings is 1. The SMILES string of the molecule is CC(=Cc1cc2ccccc2o1)CNC1CC1. The lowest BCUT2D eigenvalue weighted by atomic mass is 10.2. The predicted octanol–water partition coefficient (Wildman–Crippen LogP) is 3.59. The number of rotatable bonds is 4. The Balaban J connectivity index is 1.75. The third kappa shape index (κ3) is 2.59. The van der Waals surface area contributed by atoms with Gasteiger partial charge in [-0.2, -0.15) is 0 Å². The Bertz CT molecular complexity index is 516. The van der Waals surface area contributed by atoms with Crippen LogP contribution in [0, 0.1) is 0 Å². The van der Waals surface area contributed by atoms with Crippen molar-refractivity contribution in [3.63, 3.8) is 0 Å². The molecule has 17 heavy (non-hydrogen) atoms. The van der Waals surface area contributed by atoms with E-state index in [4.69, 9.17) is 4.42 Å². The Morgan fingerprint density at radius 2 is 2.24 bits per heavy atom. The highest BCUT2D eigenvalue weighted by molar-refractivity contribution is 5.79. The second kappa shape index (κ2) is 4.38. The molecule has 0 spiro atoms. The Morgan fingerprint density at radius 1 is 1.41 bits per heavy atom. The monoisotopic (exact) mass is 227 g/mol. The van der Waals surface area contributed by atoms with Gasteiger partial charge in [0.2, 0.25) is 0 Å². The average molecular weight is 227 g/mol. The van der Waals surface area contributed by atoms with Gasteiger partial charge in [0.05, 0.1) is 0 Å². The van der Waals surface area contributed by atoms with Crippen LogP contribution in [0.1, 0.15) is 25.5 Å². The molecule has 0 amide bonds. The maximum atomic E-state index is 5.76. The summed E-state index contributed by atoms with van der Waals surface area (Å²) in [5.41, 5.74) is 2.28. The van der Waals surface area contributed by atoms with Crippen molar-refractivity contribution < 1.29 is 4.42 Å². The minimum Gasteiger partial charge on any atom is -0.457 e. The van der Waals surface area contributed by atoms with Gasteiger partial charge in [-0.25, -0.2) is 0 Å². The number of fused-ring (bicyclic) bond motifs is 1. The van der Waals surface area contributed by atoms with Crippen molar-refractivity contribution in [3.8, 4) is 0 Å². The number of nitrogens with one attached hydrogen (secondary N) is 1. The van der Waals surface area contributed by atoms with Crippen molar-refractivity contribution in [2.24, 2.45) is 0 Å². The molecule has 1 heterocycles. The molecule has 1 saturated carbocycles. The lowest BCUT2D eigenvalue weighted by Crippen LogP contribution is -2.18. The van der Waals surface area contributed by atoms with Crippen LogP contribution >= 0.6 is 0 Å². The van der Waals surface area contributed by atoms with Gasteiger partial charge in [0.25, 0.3) is 0 Å². The van der Waals surface area contributed by atoms with E-state index in [-0.39, 0.29) is 0 Å². The Kier molecular flexibility index (Phi) is 2.73. The van der Waals surface area contributed by atoms with Crippen LogP contribution in [0.5, 0.6) is 0 Å². The third-order valence-corrected chi connectivity index (χ3v) is 3.08. The molecule has 0 atom stereocenters. The number of furan rings is 1. The lowest BCUT2D eigenvalue weighted by molar-refractivity contribution is 0.603. The molecule has 2 nitrogen and oxygen atoms in total. The van der Waals surface area contributed by atoms with Crippen molar-refractivity contribution in [3.05, 3.63) is 41.7 Å². The molecular formula is C15H17NO. The highest BCUT2D eigenvalue weighted by Crippen LogP contribution is 2.21. The zero-order chi connectivity index (χ0) is 11.7. The fourth-order valence-corrected chi connectivity index (χ4v) is 1.96. The van der Waals surface area contributed by atoms with E-state index in [0.717, 1.165) is 23.9 Å². The molecular weight excluding hydrogens is 210 g/mol. The number of para-hydroxylation sites is 1. The molecule has 3 rings (SSSR count). The molecule has 1 N–H and O–H groups in total. The molecule has 0 bridgehead atoms. The van der Waals surface area contributed by atoms with Gasteiger partial charge < -0.3 is 9.73 Å². The van der Waals surface area contributed by atoms with Gasteiger partial charge in [-0.3, -0.25) is 0 Å². The normalized spacial score (nSPS) is 16.6. The van der Waals surface area contributed by atoms with E-state index in [0.29, 0.717) is 0 Å². The fraction of sp³-hybridized carbons (Fsp3) is 0.333. The zero-order valence-corrected chi connectivity index (χ0v) is 10.1. The van der Waals surface area contributed by atoms with Gasteiger partial charge >= 0.3 is 0 Å². The summed E-state index contributed by atoms with van der Waals surface area (Å²) in [6, 6.07) is 11.0. The fourth-order valence-electron chi connectivity index (χ4n) is 1.96. The average Bonchev–Trinajstić information content (AvgIpc) is 3.06. The molecule has 1 aromatic carbocycles. The Labute approximate surface area is 101 Å². The summed E-state index contributed by atoms with van der Waals surface area (Å²) in [4.78, 5) is 0. The van der Waals surface area contributed by atoms with Crippen molar-refractivity contribution >= 4 is 17.0 Å². The second-order valence-electron chi connectivity index (χ2n) is 4.83. The van der Waals surface area contributed by atoms with Crippen LogP contribution in [0.15, 0.2) is 40.3 Å². The van der Waals surface area contributed by atoms with Gasteiger partial charge in [-0.1, -0.05) is 23.8 Å². The first-order valence-electron chi connectivity index (χ1n) is 6.20. The molecule has 88 valence electrons. The van der Waals surface area contributed by atoms with Crippen molar-refractivity contribution in [1.82, 2.24) is 5.32 Å². The van der Waals surface area contributed by atoms with Crippen LogP contribution < -0.4 is 5.32 Å². The molecule has 0 saturated heterocycles. The highest BCUT2D eigenvalue weighted by Gasteiger charge is 2.19. The standard InChI is InChI=1S/C15H17NO/c1-11(10-16-13-6-7-13)8-14-9-12-4-2-3-5-15(12)17-14/h2-5,8-9,13,16H,6-7,10H2,1H3. The molecule has 1 fully saturated rings. The summed E-state index contributed by atoms with van der Waals surface area (Å²) in [5, 5.41) is 4.67. The van der Waals surface area contributed by atoms with Crippen LogP contribution in [0.4, 0.5) is 0 Å². The third-order valence-electron chi connectivity index (χ3n) is 3.08. The second-order valence-corrected chi connectivity index (χ2v) is 4.83.